The highest BCUT2D eigenvalue weighted by molar-refractivity contribution is 6.36. The van der Waals surface area contributed by atoms with Gasteiger partial charge in [-0.25, -0.2) is 4.98 Å². The minimum atomic E-state index is -0.133. The van der Waals surface area contributed by atoms with Gasteiger partial charge in [-0.15, -0.1) is 0 Å². The van der Waals surface area contributed by atoms with E-state index in [1.54, 1.807) is 36.7 Å². The number of carbonyl (C=O) groups excluding carboxylic acids is 1. The van der Waals surface area contributed by atoms with Crippen LogP contribution in [0.2, 0.25) is 10.0 Å². The molecule has 0 spiro atoms. The van der Waals surface area contributed by atoms with Gasteiger partial charge in [-0.3, -0.25) is 9.78 Å². The van der Waals surface area contributed by atoms with Gasteiger partial charge in [-0.2, -0.15) is 0 Å². The lowest BCUT2D eigenvalue weighted by atomic mass is 10.0. The van der Waals surface area contributed by atoms with Crippen LogP contribution < -0.4 is 10.2 Å². The van der Waals surface area contributed by atoms with Gasteiger partial charge in [0.05, 0.1) is 10.0 Å². The third-order valence-corrected chi connectivity index (χ3v) is 4.30. The van der Waals surface area contributed by atoms with Gasteiger partial charge < -0.3 is 10.2 Å². The second kappa shape index (κ2) is 7.15. The van der Waals surface area contributed by atoms with Crippen molar-refractivity contribution in [3.8, 4) is 0 Å². The highest BCUT2D eigenvalue weighted by atomic mass is 35.5. The molecule has 1 amide bonds. The molecule has 120 valence electrons. The number of anilines is 1. The topological polar surface area (TPSA) is 58.1 Å². The Kier molecular flexibility index (Phi) is 4.98. The number of halogens is 2. The zero-order chi connectivity index (χ0) is 16.2. The molecule has 1 fully saturated rings. The molecule has 0 aromatic carbocycles. The number of pyridine rings is 2. The third-order valence-electron chi connectivity index (χ3n) is 3.82. The van der Waals surface area contributed by atoms with E-state index in [-0.39, 0.29) is 11.9 Å². The number of amides is 1. The Morgan fingerprint density at radius 2 is 2.00 bits per heavy atom. The van der Waals surface area contributed by atoms with Gasteiger partial charge in [0, 0.05) is 31.5 Å². The molecule has 3 heterocycles. The quantitative estimate of drug-likeness (QED) is 0.923. The minimum Gasteiger partial charge on any atom is -0.355 e. The van der Waals surface area contributed by atoms with E-state index in [0.717, 1.165) is 31.7 Å². The smallest absolute Gasteiger partial charge is 0.270 e. The maximum Gasteiger partial charge on any atom is 0.270 e. The van der Waals surface area contributed by atoms with E-state index in [2.05, 4.69) is 20.2 Å². The van der Waals surface area contributed by atoms with Crippen LogP contribution in [-0.2, 0) is 0 Å². The summed E-state index contributed by atoms with van der Waals surface area (Å²) in [4.78, 5) is 22.6. The van der Waals surface area contributed by atoms with Crippen molar-refractivity contribution in [2.24, 2.45) is 0 Å². The van der Waals surface area contributed by atoms with Gasteiger partial charge in [-0.1, -0.05) is 29.3 Å². The van der Waals surface area contributed by atoms with Crippen LogP contribution in [0.15, 0.2) is 36.7 Å². The molecule has 3 rings (SSSR count). The zero-order valence-electron chi connectivity index (χ0n) is 12.4. The number of carbonyl (C=O) groups is 1. The number of nitrogens with zero attached hydrogens (tertiary/aromatic N) is 3. The first kappa shape index (κ1) is 16.0. The molecule has 5 nitrogen and oxygen atoms in total. The summed E-state index contributed by atoms with van der Waals surface area (Å²) in [6.45, 7) is 1.56. The highest BCUT2D eigenvalue weighted by Gasteiger charge is 2.23. The first-order valence-electron chi connectivity index (χ1n) is 7.41. The van der Waals surface area contributed by atoms with E-state index in [1.165, 1.54) is 0 Å². The molecule has 1 N–H and O–H groups in total. The fourth-order valence-electron chi connectivity index (χ4n) is 2.63. The van der Waals surface area contributed by atoms with E-state index in [4.69, 9.17) is 23.2 Å². The van der Waals surface area contributed by atoms with Crippen LogP contribution in [0, 0.1) is 0 Å². The molecule has 0 atom stereocenters. The number of aromatic nitrogens is 2. The van der Waals surface area contributed by atoms with Gasteiger partial charge >= 0.3 is 0 Å². The molecule has 7 heteroatoms. The van der Waals surface area contributed by atoms with Crippen LogP contribution in [0.5, 0.6) is 0 Å². The summed E-state index contributed by atoms with van der Waals surface area (Å²) in [7, 11) is 0. The maximum absolute atomic E-state index is 12.1. The Morgan fingerprint density at radius 3 is 2.65 bits per heavy atom. The van der Waals surface area contributed by atoms with E-state index in [9.17, 15) is 4.79 Å². The minimum absolute atomic E-state index is 0.131. The van der Waals surface area contributed by atoms with Gasteiger partial charge in [0.2, 0.25) is 0 Å². The second-order valence-corrected chi connectivity index (χ2v) is 6.25. The average molecular weight is 351 g/mol. The monoisotopic (exact) mass is 350 g/mol. The van der Waals surface area contributed by atoms with Crippen molar-refractivity contribution >= 4 is 34.9 Å². The standard InChI is InChI=1S/C16H16Cl2N4O/c17-11-9-13(18)15(20-10-11)22-7-4-12(5-8-22)21-16(23)14-3-1-2-6-19-14/h1-3,6,9-10,12H,4-5,7-8H2,(H,21,23). The van der Waals surface area contributed by atoms with Crippen molar-refractivity contribution in [2.45, 2.75) is 18.9 Å². The van der Waals surface area contributed by atoms with Crippen molar-refractivity contribution in [1.82, 2.24) is 15.3 Å². The predicted octanol–water partition coefficient (Wildman–Crippen LogP) is 3.18. The second-order valence-electron chi connectivity index (χ2n) is 5.41. The predicted molar refractivity (Wildman–Crippen MR) is 91.2 cm³/mol. The number of rotatable bonds is 3. The number of nitrogens with one attached hydrogen (secondary N) is 1. The van der Waals surface area contributed by atoms with E-state index in [1.807, 2.05) is 0 Å². The molecule has 1 aliphatic rings. The first-order valence-corrected chi connectivity index (χ1v) is 8.17. The van der Waals surface area contributed by atoms with Crippen molar-refractivity contribution < 1.29 is 4.79 Å². The fraction of sp³-hybridized carbons (Fsp3) is 0.312. The summed E-state index contributed by atoms with van der Waals surface area (Å²) in [5.74, 6) is 0.609. The lowest BCUT2D eigenvalue weighted by molar-refractivity contribution is 0.0926. The molecular weight excluding hydrogens is 335 g/mol. The zero-order valence-corrected chi connectivity index (χ0v) is 13.9. The van der Waals surface area contributed by atoms with Gasteiger partial charge in [-0.05, 0) is 31.0 Å². The lowest BCUT2D eigenvalue weighted by Crippen LogP contribution is -2.45. The molecule has 0 radical (unpaired) electrons. The van der Waals surface area contributed by atoms with Crippen molar-refractivity contribution in [1.29, 1.82) is 0 Å². The molecule has 1 saturated heterocycles. The summed E-state index contributed by atoms with van der Waals surface area (Å²) in [5.41, 5.74) is 0.442. The summed E-state index contributed by atoms with van der Waals surface area (Å²) in [6, 6.07) is 7.13. The molecule has 0 unspecified atom stereocenters. The van der Waals surface area contributed by atoms with Crippen LogP contribution in [0.1, 0.15) is 23.3 Å². The average Bonchev–Trinajstić information content (AvgIpc) is 2.57. The van der Waals surface area contributed by atoms with E-state index in [0.29, 0.717) is 15.7 Å². The van der Waals surface area contributed by atoms with Gasteiger partial charge in [0.15, 0.2) is 0 Å². The summed E-state index contributed by atoms with van der Waals surface area (Å²) >= 11 is 12.1. The van der Waals surface area contributed by atoms with Crippen LogP contribution >= 0.6 is 23.2 Å². The van der Waals surface area contributed by atoms with Crippen molar-refractivity contribution in [2.75, 3.05) is 18.0 Å². The van der Waals surface area contributed by atoms with E-state index >= 15 is 0 Å². The molecule has 0 aliphatic carbocycles. The summed E-state index contributed by atoms with van der Waals surface area (Å²) < 4.78 is 0. The Bertz CT molecular complexity index is 688. The number of hydrogen-bond acceptors (Lipinski definition) is 4. The Hall–Kier alpha value is -1.85. The van der Waals surface area contributed by atoms with Crippen LogP contribution in [0.4, 0.5) is 5.82 Å². The van der Waals surface area contributed by atoms with Crippen LogP contribution in [0.3, 0.4) is 0 Å². The largest absolute Gasteiger partial charge is 0.355 e. The third kappa shape index (κ3) is 3.92. The number of piperidine rings is 1. The fourth-order valence-corrected chi connectivity index (χ4v) is 3.13. The van der Waals surface area contributed by atoms with Gasteiger partial charge in [0.25, 0.3) is 5.91 Å². The normalized spacial score (nSPS) is 15.5. The molecule has 23 heavy (non-hydrogen) atoms. The van der Waals surface area contributed by atoms with Crippen molar-refractivity contribution in [3.63, 3.8) is 0 Å². The van der Waals surface area contributed by atoms with Crippen LogP contribution in [0.25, 0.3) is 0 Å². The first-order chi connectivity index (χ1) is 11.1. The molecule has 2 aromatic heterocycles. The Balaban J connectivity index is 1.57. The Morgan fingerprint density at radius 1 is 1.22 bits per heavy atom. The molecule has 0 saturated carbocycles. The van der Waals surface area contributed by atoms with Crippen molar-refractivity contribution in [3.05, 3.63) is 52.4 Å². The summed E-state index contributed by atoms with van der Waals surface area (Å²) in [6.07, 6.45) is 4.88. The molecular formula is C16H16Cl2N4O. The summed E-state index contributed by atoms with van der Waals surface area (Å²) in [5, 5.41) is 4.10. The number of hydrogen-bond donors (Lipinski definition) is 1. The van der Waals surface area contributed by atoms with Crippen LogP contribution in [-0.4, -0.2) is 35.0 Å². The molecule has 2 aromatic rings. The Labute approximate surface area is 144 Å². The molecule has 0 bridgehead atoms. The van der Waals surface area contributed by atoms with Gasteiger partial charge in [0.1, 0.15) is 11.5 Å². The maximum atomic E-state index is 12.1. The van der Waals surface area contributed by atoms with E-state index < -0.39 is 0 Å². The SMILES string of the molecule is O=C(NC1CCN(c2ncc(Cl)cc2Cl)CC1)c1ccccn1. The molecule has 1 aliphatic heterocycles. The highest BCUT2D eigenvalue weighted by Crippen LogP contribution is 2.28. The lowest BCUT2D eigenvalue weighted by Gasteiger charge is -2.33.